The number of imidazole rings is 1. The third-order valence-electron chi connectivity index (χ3n) is 3.26. The third kappa shape index (κ3) is 2.54. The van der Waals surface area contributed by atoms with Crippen LogP contribution in [0.4, 0.5) is 0 Å². The van der Waals surface area contributed by atoms with Crippen molar-refractivity contribution in [1.82, 2.24) is 14.5 Å². The molecule has 0 aliphatic heterocycles. The fourth-order valence-corrected chi connectivity index (χ4v) is 3.07. The molecule has 5 nitrogen and oxygen atoms in total. The van der Waals surface area contributed by atoms with E-state index >= 15 is 0 Å². The van der Waals surface area contributed by atoms with Crippen LogP contribution in [0.15, 0.2) is 29.6 Å². The van der Waals surface area contributed by atoms with E-state index in [0.29, 0.717) is 6.54 Å². The summed E-state index contributed by atoms with van der Waals surface area (Å²) in [6.45, 7) is 4.75. The van der Waals surface area contributed by atoms with Gasteiger partial charge in [0, 0.05) is 11.3 Å². The number of hydrogen-bond donors (Lipinski definition) is 1. The van der Waals surface area contributed by atoms with Gasteiger partial charge in [-0.15, -0.1) is 11.3 Å². The minimum absolute atomic E-state index is 0.102. The molecule has 0 aliphatic carbocycles. The van der Waals surface area contributed by atoms with Crippen LogP contribution in [0.3, 0.4) is 0 Å². The Morgan fingerprint density at radius 2 is 2.10 bits per heavy atom. The van der Waals surface area contributed by atoms with E-state index in [1.54, 1.807) is 5.38 Å². The summed E-state index contributed by atoms with van der Waals surface area (Å²) in [5.41, 5.74) is 2.11. The normalized spacial score (nSPS) is 11.4. The molecule has 0 fully saturated rings. The molecule has 3 rings (SSSR count). The second-order valence-electron chi connectivity index (χ2n) is 5.13. The fraction of sp³-hybridized carbons (Fsp3) is 0.267. The fourth-order valence-electron chi connectivity index (χ4n) is 2.32. The van der Waals surface area contributed by atoms with Gasteiger partial charge in [0.1, 0.15) is 10.8 Å². The summed E-state index contributed by atoms with van der Waals surface area (Å²) < 4.78 is 2.12. The van der Waals surface area contributed by atoms with Crippen molar-refractivity contribution >= 4 is 28.3 Å². The Bertz CT molecular complexity index is 804. The average molecular weight is 301 g/mol. The molecule has 2 aromatic heterocycles. The highest BCUT2D eigenvalue weighted by atomic mass is 32.1. The van der Waals surface area contributed by atoms with E-state index < -0.39 is 5.97 Å². The van der Waals surface area contributed by atoms with Gasteiger partial charge in [0.15, 0.2) is 5.69 Å². The maximum absolute atomic E-state index is 10.9. The lowest BCUT2D eigenvalue weighted by Gasteiger charge is -2.09. The summed E-state index contributed by atoms with van der Waals surface area (Å²) in [6.07, 6.45) is 0. The molecule has 0 atom stereocenters. The van der Waals surface area contributed by atoms with Crippen molar-refractivity contribution in [2.24, 2.45) is 0 Å². The van der Waals surface area contributed by atoms with Crippen LogP contribution in [0.1, 0.15) is 41.1 Å². The molecule has 0 unspecified atom stereocenters. The molecule has 0 radical (unpaired) electrons. The second kappa shape index (κ2) is 5.29. The average Bonchev–Trinajstić information content (AvgIpc) is 3.05. The largest absolute Gasteiger partial charge is 0.476 e. The monoisotopic (exact) mass is 301 g/mol. The van der Waals surface area contributed by atoms with Crippen molar-refractivity contribution in [3.63, 3.8) is 0 Å². The molecule has 21 heavy (non-hydrogen) atoms. The summed E-state index contributed by atoms with van der Waals surface area (Å²) in [7, 11) is 0. The zero-order valence-corrected chi connectivity index (χ0v) is 12.6. The molecule has 0 saturated heterocycles. The maximum Gasteiger partial charge on any atom is 0.355 e. The van der Waals surface area contributed by atoms with Gasteiger partial charge in [-0.2, -0.15) is 0 Å². The Labute approximate surface area is 125 Å². The van der Waals surface area contributed by atoms with Crippen LogP contribution >= 0.6 is 11.3 Å². The lowest BCUT2D eigenvalue weighted by atomic mass is 10.2. The van der Waals surface area contributed by atoms with Gasteiger partial charge >= 0.3 is 5.97 Å². The van der Waals surface area contributed by atoms with Crippen LogP contribution in [0.5, 0.6) is 0 Å². The van der Waals surface area contributed by atoms with Crippen LogP contribution in [0, 0.1) is 0 Å². The zero-order valence-electron chi connectivity index (χ0n) is 11.8. The van der Waals surface area contributed by atoms with Crippen LogP contribution < -0.4 is 0 Å². The number of benzene rings is 1. The minimum atomic E-state index is -0.989. The van der Waals surface area contributed by atoms with Crippen molar-refractivity contribution < 1.29 is 9.90 Å². The van der Waals surface area contributed by atoms with Crippen LogP contribution in [-0.2, 0) is 6.54 Å². The van der Waals surface area contributed by atoms with Crippen molar-refractivity contribution in [3.05, 3.63) is 46.2 Å². The first-order valence-electron chi connectivity index (χ1n) is 6.69. The number of aromatic carboxylic acids is 1. The smallest absolute Gasteiger partial charge is 0.355 e. The molecule has 2 heterocycles. The standard InChI is InChI=1S/C15H15N3O2S/c1-9(2)14-17-10-5-3-4-6-12(10)18(14)7-13-16-11(8-21-13)15(19)20/h3-6,8-9H,7H2,1-2H3,(H,19,20). The Kier molecular flexibility index (Phi) is 3.47. The van der Waals surface area contributed by atoms with Gasteiger partial charge in [-0.3, -0.25) is 0 Å². The third-order valence-corrected chi connectivity index (χ3v) is 4.10. The summed E-state index contributed by atoms with van der Waals surface area (Å²) in [6, 6.07) is 7.97. The number of aromatic nitrogens is 3. The van der Waals surface area contributed by atoms with Crippen molar-refractivity contribution in [2.75, 3.05) is 0 Å². The van der Waals surface area contributed by atoms with E-state index in [0.717, 1.165) is 21.9 Å². The van der Waals surface area contributed by atoms with Crippen molar-refractivity contribution in [3.8, 4) is 0 Å². The van der Waals surface area contributed by atoms with Crippen LogP contribution in [-0.4, -0.2) is 25.6 Å². The molecule has 0 saturated carbocycles. The Hall–Kier alpha value is -2.21. The van der Waals surface area contributed by atoms with Crippen molar-refractivity contribution in [1.29, 1.82) is 0 Å². The van der Waals surface area contributed by atoms with E-state index in [1.165, 1.54) is 11.3 Å². The number of fused-ring (bicyclic) bond motifs is 1. The van der Waals surface area contributed by atoms with E-state index in [1.807, 2.05) is 24.3 Å². The summed E-state index contributed by atoms with van der Waals surface area (Å²) in [5, 5.41) is 11.3. The quantitative estimate of drug-likeness (QED) is 0.802. The van der Waals surface area contributed by atoms with E-state index in [9.17, 15) is 4.79 Å². The number of rotatable bonds is 4. The number of thiazole rings is 1. The summed E-state index contributed by atoms with van der Waals surface area (Å²) in [5.74, 6) is 0.289. The molecule has 0 amide bonds. The van der Waals surface area contributed by atoms with E-state index in [-0.39, 0.29) is 11.6 Å². The molecular weight excluding hydrogens is 286 g/mol. The van der Waals surface area contributed by atoms with Crippen molar-refractivity contribution in [2.45, 2.75) is 26.3 Å². The highest BCUT2D eigenvalue weighted by molar-refractivity contribution is 7.09. The predicted molar refractivity (Wildman–Crippen MR) is 82.0 cm³/mol. The van der Waals surface area contributed by atoms with Gasteiger partial charge in [-0.1, -0.05) is 26.0 Å². The minimum Gasteiger partial charge on any atom is -0.476 e. The van der Waals surface area contributed by atoms with Gasteiger partial charge < -0.3 is 9.67 Å². The zero-order chi connectivity index (χ0) is 15.0. The van der Waals surface area contributed by atoms with Gasteiger partial charge in [-0.05, 0) is 12.1 Å². The Morgan fingerprint density at radius 1 is 1.33 bits per heavy atom. The van der Waals surface area contributed by atoms with E-state index in [2.05, 4.69) is 28.4 Å². The number of hydrogen-bond acceptors (Lipinski definition) is 4. The highest BCUT2D eigenvalue weighted by Gasteiger charge is 2.16. The van der Waals surface area contributed by atoms with Crippen LogP contribution in [0.2, 0.25) is 0 Å². The van der Waals surface area contributed by atoms with Gasteiger partial charge in [0.05, 0.1) is 17.6 Å². The first kappa shape index (κ1) is 13.8. The number of nitrogens with zero attached hydrogens (tertiary/aromatic N) is 3. The first-order valence-corrected chi connectivity index (χ1v) is 7.57. The van der Waals surface area contributed by atoms with Gasteiger partial charge in [0.25, 0.3) is 0 Å². The number of carboxylic acid groups (broad SMARTS) is 1. The van der Waals surface area contributed by atoms with Crippen LogP contribution in [0.25, 0.3) is 11.0 Å². The lowest BCUT2D eigenvalue weighted by molar-refractivity contribution is 0.0691. The second-order valence-corrected chi connectivity index (χ2v) is 6.07. The molecule has 1 aromatic carbocycles. The molecule has 0 spiro atoms. The maximum atomic E-state index is 10.9. The molecule has 108 valence electrons. The summed E-state index contributed by atoms with van der Waals surface area (Å²) in [4.78, 5) is 19.8. The molecule has 0 bridgehead atoms. The lowest BCUT2D eigenvalue weighted by Crippen LogP contribution is -2.07. The van der Waals surface area contributed by atoms with Gasteiger partial charge in [-0.25, -0.2) is 14.8 Å². The molecule has 0 aliphatic rings. The number of para-hydroxylation sites is 2. The topological polar surface area (TPSA) is 68.0 Å². The predicted octanol–water partition coefficient (Wildman–Crippen LogP) is 3.36. The van der Waals surface area contributed by atoms with Gasteiger partial charge in [0.2, 0.25) is 0 Å². The Morgan fingerprint density at radius 3 is 2.76 bits per heavy atom. The molecule has 3 aromatic rings. The molecule has 6 heteroatoms. The van der Waals surface area contributed by atoms with E-state index in [4.69, 9.17) is 5.11 Å². The number of carboxylic acids is 1. The Balaban J connectivity index is 2.05. The highest BCUT2D eigenvalue weighted by Crippen LogP contribution is 2.23. The summed E-state index contributed by atoms with van der Waals surface area (Å²) >= 11 is 1.36. The molecular formula is C15H15N3O2S. The molecule has 1 N–H and O–H groups in total. The number of carbonyl (C=O) groups is 1. The SMILES string of the molecule is CC(C)c1nc2ccccc2n1Cc1nc(C(=O)O)cs1. The first-order chi connectivity index (χ1) is 10.1.